The molecule has 0 saturated carbocycles. The van der Waals surface area contributed by atoms with E-state index in [1.807, 2.05) is 0 Å². The quantitative estimate of drug-likeness (QED) is 0.805. The van der Waals surface area contributed by atoms with Gasteiger partial charge in [0.25, 0.3) is 0 Å². The van der Waals surface area contributed by atoms with E-state index in [0.717, 1.165) is 35.4 Å². The first kappa shape index (κ1) is 14.8. The van der Waals surface area contributed by atoms with E-state index in [4.69, 9.17) is 4.52 Å². The summed E-state index contributed by atoms with van der Waals surface area (Å²) in [5.41, 5.74) is 3.74. The molecular weight excluding hydrogens is 328 g/mol. The molecule has 0 amide bonds. The van der Waals surface area contributed by atoms with Gasteiger partial charge in [0, 0.05) is 29.0 Å². The third-order valence-electron chi connectivity index (χ3n) is 4.30. The molecule has 3 nitrogen and oxygen atoms in total. The molecule has 112 valence electrons. The van der Waals surface area contributed by atoms with Gasteiger partial charge in [-0.3, -0.25) is 4.90 Å². The van der Waals surface area contributed by atoms with Crippen molar-refractivity contribution in [1.82, 2.24) is 10.1 Å². The van der Waals surface area contributed by atoms with Crippen LogP contribution in [-0.4, -0.2) is 16.6 Å². The summed E-state index contributed by atoms with van der Waals surface area (Å²) in [5, 5.41) is 4.18. The van der Waals surface area contributed by atoms with Crippen LogP contribution in [0.25, 0.3) is 0 Å². The first-order chi connectivity index (χ1) is 10.2. The Balaban J connectivity index is 1.82. The predicted molar refractivity (Wildman–Crippen MR) is 87.1 cm³/mol. The zero-order chi connectivity index (χ0) is 14.8. The van der Waals surface area contributed by atoms with Crippen molar-refractivity contribution in [2.45, 2.75) is 45.7 Å². The summed E-state index contributed by atoms with van der Waals surface area (Å²) in [6.45, 7) is 6.34. The molecule has 0 N–H and O–H groups in total. The minimum absolute atomic E-state index is 0.454. The van der Waals surface area contributed by atoms with Crippen LogP contribution in [0.5, 0.6) is 0 Å². The SMILES string of the molecule is CCc1onc(C)c1[C@@H]1CCCN1Cc1ccc(Br)cc1. The van der Waals surface area contributed by atoms with Gasteiger partial charge in [0.2, 0.25) is 0 Å². The lowest BCUT2D eigenvalue weighted by molar-refractivity contribution is 0.245. The normalized spacial score (nSPS) is 19.3. The predicted octanol–water partition coefficient (Wildman–Crippen LogP) is 4.65. The molecule has 1 aliphatic rings. The molecule has 0 unspecified atom stereocenters. The second-order valence-corrected chi connectivity index (χ2v) is 6.63. The molecule has 3 rings (SSSR count). The second kappa shape index (κ2) is 6.32. The number of aromatic nitrogens is 1. The molecule has 2 heterocycles. The van der Waals surface area contributed by atoms with Crippen LogP contribution in [0.2, 0.25) is 0 Å². The molecule has 21 heavy (non-hydrogen) atoms. The van der Waals surface area contributed by atoms with E-state index in [9.17, 15) is 0 Å². The fourth-order valence-electron chi connectivity index (χ4n) is 3.27. The van der Waals surface area contributed by atoms with Crippen LogP contribution in [0.15, 0.2) is 33.3 Å². The highest BCUT2D eigenvalue weighted by molar-refractivity contribution is 9.10. The Morgan fingerprint density at radius 1 is 1.33 bits per heavy atom. The molecule has 1 saturated heterocycles. The van der Waals surface area contributed by atoms with Crippen LogP contribution < -0.4 is 0 Å². The van der Waals surface area contributed by atoms with Crippen LogP contribution in [0, 0.1) is 6.92 Å². The molecule has 4 heteroatoms. The van der Waals surface area contributed by atoms with Crippen molar-refractivity contribution in [3.63, 3.8) is 0 Å². The number of rotatable bonds is 4. The maximum absolute atomic E-state index is 5.49. The minimum Gasteiger partial charge on any atom is -0.361 e. The van der Waals surface area contributed by atoms with Crippen molar-refractivity contribution in [3.05, 3.63) is 51.3 Å². The molecule has 2 aromatic rings. The van der Waals surface area contributed by atoms with Gasteiger partial charge in [-0.05, 0) is 44.0 Å². The van der Waals surface area contributed by atoms with Crippen LogP contribution in [0.1, 0.15) is 48.4 Å². The first-order valence-corrected chi connectivity index (χ1v) is 8.42. The Morgan fingerprint density at radius 2 is 2.10 bits per heavy atom. The second-order valence-electron chi connectivity index (χ2n) is 5.71. The van der Waals surface area contributed by atoms with Gasteiger partial charge < -0.3 is 4.52 Å². The van der Waals surface area contributed by atoms with Gasteiger partial charge in [-0.25, -0.2) is 0 Å². The molecule has 1 fully saturated rings. The summed E-state index contributed by atoms with van der Waals surface area (Å²) < 4.78 is 6.62. The van der Waals surface area contributed by atoms with Gasteiger partial charge >= 0.3 is 0 Å². The van der Waals surface area contributed by atoms with E-state index >= 15 is 0 Å². The van der Waals surface area contributed by atoms with Gasteiger partial charge in [-0.15, -0.1) is 0 Å². The van der Waals surface area contributed by atoms with E-state index in [-0.39, 0.29) is 0 Å². The lowest BCUT2D eigenvalue weighted by atomic mass is 10.0. The summed E-state index contributed by atoms with van der Waals surface area (Å²) in [4.78, 5) is 2.56. The van der Waals surface area contributed by atoms with E-state index in [1.54, 1.807) is 0 Å². The van der Waals surface area contributed by atoms with Crippen molar-refractivity contribution >= 4 is 15.9 Å². The van der Waals surface area contributed by atoms with Crippen LogP contribution >= 0.6 is 15.9 Å². The molecule has 0 radical (unpaired) electrons. The van der Waals surface area contributed by atoms with Gasteiger partial charge in [0.05, 0.1) is 5.69 Å². The highest BCUT2D eigenvalue weighted by Crippen LogP contribution is 2.36. The molecule has 1 aromatic carbocycles. The Kier molecular flexibility index (Phi) is 4.45. The third-order valence-corrected chi connectivity index (χ3v) is 4.83. The minimum atomic E-state index is 0.454. The van der Waals surface area contributed by atoms with E-state index in [1.165, 1.54) is 24.0 Å². The van der Waals surface area contributed by atoms with Crippen molar-refractivity contribution < 1.29 is 4.52 Å². The molecule has 0 spiro atoms. The average Bonchev–Trinajstić information content (AvgIpc) is 3.07. The highest BCUT2D eigenvalue weighted by Gasteiger charge is 2.31. The number of likely N-dealkylation sites (tertiary alicyclic amines) is 1. The standard InChI is InChI=1S/C17H21BrN2O/c1-3-16-17(12(2)19-21-16)15-5-4-10-20(15)11-13-6-8-14(18)9-7-13/h6-9,15H,3-5,10-11H2,1-2H3/t15-/m0/s1. The lowest BCUT2D eigenvalue weighted by Crippen LogP contribution is -2.23. The Labute approximate surface area is 134 Å². The fraction of sp³-hybridized carbons (Fsp3) is 0.471. The molecule has 1 aliphatic heterocycles. The largest absolute Gasteiger partial charge is 0.361 e. The van der Waals surface area contributed by atoms with Crippen molar-refractivity contribution in [1.29, 1.82) is 0 Å². The monoisotopic (exact) mass is 348 g/mol. The van der Waals surface area contributed by atoms with Crippen LogP contribution in [0.4, 0.5) is 0 Å². The van der Waals surface area contributed by atoms with E-state index in [2.05, 4.69) is 64.1 Å². The van der Waals surface area contributed by atoms with E-state index < -0.39 is 0 Å². The smallest absolute Gasteiger partial charge is 0.141 e. The number of hydrogen-bond donors (Lipinski definition) is 0. The maximum atomic E-state index is 5.49. The highest BCUT2D eigenvalue weighted by atomic mass is 79.9. The summed E-state index contributed by atoms with van der Waals surface area (Å²) in [6.07, 6.45) is 3.36. The number of hydrogen-bond acceptors (Lipinski definition) is 3. The third kappa shape index (κ3) is 3.06. The number of benzene rings is 1. The van der Waals surface area contributed by atoms with Crippen LogP contribution in [-0.2, 0) is 13.0 Å². The van der Waals surface area contributed by atoms with Crippen molar-refractivity contribution in [2.24, 2.45) is 0 Å². The fourth-order valence-corrected chi connectivity index (χ4v) is 3.54. The summed E-state index contributed by atoms with van der Waals surface area (Å²) in [7, 11) is 0. The van der Waals surface area contributed by atoms with Gasteiger partial charge in [0.15, 0.2) is 0 Å². The zero-order valence-electron chi connectivity index (χ0n) is 12.6. The zero-order valence-corrected chi connectivity index (χ0v) is 14.2. The molecule has 0 aliphatic carbocycles. The van der Waals surface area contributed by atoms with Crippen molar-refractivity contribution in [2.75, 3.05) is 6.54 Å². The van der Waals surface area contributed by atoms with Crippen molar-refractivity contribution in [3.8, 4) is 0 Å². The summed E-state index contributed by atoms with van der Waals surface area (Å²) in [5.74, 6) is 1.06. The molecular formula is C17H21BrN2O. The topological polar surface area (TPSA) is 29.3 Å². The molecule has 1 atom stereocenters. The number of nitrogens with zero attached hydrogens (tertiary/aromatic N) is 2. The maximum Gasteiger partial charge on any atom is 0.141 e. The molecule has 1 aromatic heterocycles. The van der Waals surface area contributed by atoms with Gasteiger partial charge in [-0.1, -0.05) is 40.1 Å². The Morgan fingerprint density at radius 3 is 2.81 bits per heavy atom. The Bertz CT molecular complexity index is 606. The van der Waals surface area contributed by atoms with Gasteiger partial charge in [-0.2, -0.15) is 0 Å². The molecule has 0 bridgehead atoms. The summed E-state index contributed by atoms with van der Waals surface area (Å²) in [6, 6.07) is 9.07. The first-order valence-electron chi connectivity index (χ1n) is 7.62. The lowest BCUT2D eigenvalue weighted by Gasteiger charge is -2.24. The summed E-state index contributed by atoms with van der Waals surface area (Å²) >= 11 is 3.50. The Hall–Kier alpha value is -1.13. The van der Waals surface area contributed by atoms with Gasteiger partial charge in [0.1, 0.15) is 5.76 Å². The number of halogens is 1. The van der Waals surface area contributed by atoms with E-state index in [0.29, 0.717) is 6.04 Å². The number of aryl methyl sites for hydroxylation is 2. The average molecular weight is 349 g/mol. The van der Waals surface area contributed by atoms with Crippen LogP contribution in [0.3, 0.4) is 0 Å².